The molecule has 0 aromatic heterocycles. The zero-order chi connectivity index (χ0) is 13.9. The normalized spacial score (nSPS) is 13.2. The van der Waals surface area contributed by atoms with E-state index in [1.165, 1.54) is 12.1 Å². The van der Waals surface area contributed by atoms with Gasteiger partial charge in [0, 0.05) is 12.6 Å². The van der Waals surface area contributed by atoms with Gasteiger partial charge in [-0.05, 0) is 11.5 Å². The molecule has 6 heteroatoms. The van der Waals surface area contributed by atoms with E-state index in [-0.39, 0.29) is 23.3 Å². The number of non-ortho nitro benzene ring substituents is 1. The largest absolute Gasteiger partial charge is 0.391 e. The van der Waals surface area contributed by atoms with E-state index in [4.69, 9.17) is 0 Å². The average Bonchev–Trinajstić information content (AvgIpc) is 2.25. The molecule has 2 N–H and O–H groups in total. The third-order valence-electron chi connectivity index (χ3n) is 2.65. The molecule has 1 aromatic carbocycles. The van der Waals surface area contributed by atoms with Crippen LogP contribution in [0.4, 0.5) is 15.8 Å². The van der Waals surface area contributed by atoms with Crippen molar-refractivity contribution in [1.82, 2.24) is 0 Å². The molecule has 0 saturated heterocycles. The number of anilines is 1. The summed E-state index contributed by atoms with van der Waals surface area (Å²) in [6.07, 6.45) is -0.646. The second kappa shape index (κ2) is 5.30. The average molecular weight is 256 g/mol. The number of aliphatic hydroxyl groups excluding tert-OH is 1. The fourth-order valence-electron chi connectivity index (χ4n) is 1.27. The number of nitro groups is 1. The summed E-state index contributed by atoms with van der Waals surface area (Å²) in [6, 6.07) is 3.36. The van der Waals surface area contributed by atoms with E-state index in [1.54, 1.807) is 0 Å². The lowest BCUT2D eigenvalue weighted by Gasteiger charge is -2.26. The number of benzene rings is 1. The molecule has 1 atom stereocenters. The van der Waals surface area contributed by atoms with Crippen LogP contribution in [0, 0.1) is 21.3 Å². The standard InChI is InChI=1S/C12H17FN2O3/c1-12(2,3)11(16)7-14-10-5-4-8(15(17)18)6-9(10)13/h4-6,11,14,16H,7H2,1-3H3. The Balaban J connectivity index is 2.72. The first-order valence-corrected chi connectivity index (χ1v) is 5.57. The Morgan fingerprint density at radius 2 is 2.11 bits per heavy atom. The first-order chi connectivity index (χ1) is 8.21. The van der Waals surface area contributed by atoms with Gasteiger partial charge in [-0.2, -0.15) is 0 Å². The van der Waals surface area contributed by atoms with E-state index in [1.807, 2.05) is 20.8 Å². The van der Waals surface area contributed by atoms with Crippen LogP contribution >= 0.6 is 0 Å². The van der Waals surface area contributed by atoms with Gasteiger partial charge in [0.25, 0.3) is 5.69 Å². The highest BCUT2D eigenvalue weighted by Crippen LogP contribution is 2.23. The Labute approximate surface area is 105 Å². The van der Waals surface area contributed by atoms with E-state index < -0.39 is 16.8 Å². The van der Waals surface area contributed by atoms with Gasteiger partial charge in [0.05, 0.1) is 22.8 Å². The third kappa shape index (κ3) is 3.66. The van der Waals surface area contributed by atoms with Gasteiger partial charge in [0.15, 0.2) is 5.82 Å². The maximum Gasteiger partial charge on any atom is 0.272 e. The van der Waals surface area contributed by atoms with Crippen LogP contribution in [0.1, 0.15) is 20.8 Å². The van der Waals surface area contributed by atoms with Crippen LogP contribution in [0.25, 0.3) is 0 Å². The smallest absolute Gasteiger partial charge is 0.272 e. The first-order valence-electron chi connectivity index (χ1n) is 5.57. The molecule has 1 aromatic rings. The lowest BCUT2D eigenvalue weighted by molar-refractivity contribution is -0.385. The Morgan fingerprint density at radius 3 is 2.56 bits per heavy atom. The van der Waals surface area contributed by atoms with Gasteiger partial charge in [0.1, 0.15) is 0 Å². The molecule has 18 heavy (non-hydrogen) atoms. The van der Waals surface area contributed by atoms with Gasteiger partial charge in [0.2, 0.25) is 0 Å². The van der Waals surface area contributed by atoms with Gasteiger partial charge in [-0.3, -0.25) is 10.1 Å². The van der Waals surface area contributed by atoms with Crippen molar-refractivity contribution < 1.29 is 14.4 Å². The number of hydrogen-bond donors (Lipinski definition) is 2. The maximum atomic E-state index is 13.5. The zero-order valence-electron chi connectivity index (χ0n) is 10.6. The molecule has 0 fully saturated rings. The summed E-state index contributed by atoms with van der Waals surface area (Å²) < 4.78 is 13.5. The predicted molar refractivity (Wildman–Crippen MR) is 67.0 cm³/mol. The molecule has 0 saturated carbocycles. The summed E-state index contributed by atoms with van der Waals surface area (Å²) in [4.78, 5) is 9.78. The molecular weight excluding hydrogens is 239 g/mol. The molecular formula is C12H17FN2O3. The maximum absolute atomic E-state index is 13.5. The molecule has 0 aliphatic heterocycles. The van der Waals surface area contributed by atoms with Gasteiger partial charge in [-0.1, -0.05) is 20.8 Å². The topological polar surface area (TPSA) is 75.4 Å². The Morgan fingerprint density at radius 1 is 1.50 bits per heavy atom. The molecule has 0 radical (unpaired) electrons. The fraction of sp³-hybridized carbons (Fsp3) is 0.500. The van der Waals surface area contributed by atoms with Crippen LogP contribution < -0.4 is 5.32 Å². The minimum absolute atomic E-state index is 0.143. The Kier molecular flexibility index (Phi) is 4.24. The molecule has 5 nitrogen and oxygen atoms in total. The number of nitro benzene ring substituents is 1. The van der Waals surface area contributed by atoms with Crippen LogP contribution in [0.5, 0.6) is 0 Å². The molecule has 1 rings (SSSR count). The van der Waals surface area contributed by atoms with Crippen molar-refractivity contribution in [3.63, 3.8) is 0 Å². The monoisotopic (exact) mass is 256 g/mol. The molecule has 0 aliphatic rings. The molecule has 0 bridgehead atoms. The van der Waals surface area contributed by atoms with Crippen molar-refractivity contribution in [2.24, 2.45) is 5.41 Å². The number of aliphatic hydroxyl groups is 1. The molecule has 100 valence electrons. The Bertz CT molecular complexity index is 443. The van der Waals surface area contributed by atoms with E-state index in [0.717, 1.165) is 6.07 Å². The highest BCUT2D eigenvalue weighted by molar-refractivity contribution is 5.50. The van der Waals surface area contributed by atoms with Crippen molar-refractivity contribution >= 4 is 11.4 Å². The minimum Gasteiger partial charge on any atom is -0.391 e. The van der Waals surface area contributed by atoms with Crippen molar-refractivity contribution in [1.29, 1.82) is 0 Å². The SMILES string of the molecule is CC(C)(C)C(O)CNc1ccc([N+](=O)[O-])cc1F. The van der Waals surface area contributed by atoms with E-state index >= 15 is 0 Å². The van der Waals surface area contributed by atoms with E-state index in [0.29, 0.717) is 0 Å². The van der Waals surface area contributed by atoms with Gasteiger partial charge >= 0.3 is 0 Å². The number of halogens is 1. The van der Waals surface area contributed by atoms with E-state index in [2.05, 4.69) is 5.32 Å². The lowest BCUT2D eigenvalue weighted by Crippen LogP contribution is -2.33. The first kappa shape index (κ1) is 14.4. The summed E-state index contributed by atoms with van der Waals surface area (Å²) in [5.74, 6) is -0.703. The van der Waals surface area contributed by atoms with Gasteiger partial charge in [-0.25, -0.2) is 4.39 Å². The molecule has 0 aliphatic carbocycles. The summed E-state index contributed by atoms with van der Waals surface area (Å²) in [7, 11) is 0. The lowest BCUT2D eigenvalue weighted by atomic mass is 9.89. The number of rotatable bonds is 4. The summed E-state index contributed by atoms with van der Waals surface area (Å²) in [5, 5.41) is 23.0. The number of nitrogens with one attached hydrogen (secondary N) is 1. The quantitative estimate of drug-likeness (QED) is 0.641. The van der Waals surface area contributed by atoms with Crippen LogP contribution in [-0.4, -0.2) is 22.7 Å². The third-order valence-corrected chi connectivity index (χ3v) is 2.65. The number of hydrogen-bond acceptors (Lipinski definition) is 4. The molecule has 0 amide bonds. The van der Waals surface area contributed by atoms with Gasteiger partial charge < -0.3 is 10.4 Å². The van der Waals surface area contributed by atoms with Crippen LogP contribution in [-0.2, 0) is 0 Å². The van der Waals surface area contributed by atoms with E-state index in [9.17, 15) is 19.6 Å². The van der Waals surface area contributed by atoms with Crippen LogP contribution in [0.2, 0.25) is 0 Å². The number of nitrogens with zero attached hydrogens (tertiary/aromatic N) is 1. The summed E-state index contributed by atoms with van der Waals surface area (Å²) >= 11 is 0. The molecule has 0 spiro atoms. The van der Waals surface area contributed by atoms with Crippen molar-refractivity contribution in [2.75, 3.05) is 11.9 Å². The Hall–Kier alpha value is -1.69. The minimum atomic E-state index is -0.703. The predicted octanol–water partition coefficient (Wildman–Crippen LogP) is 2.55. The van der Waals surface area contributed by atoms with Gasteiger partial charge in [-0.15, -0.1) is 0 Å². The van der Waals surface area contributed by atoms with Crippen LogP contribution in [0.3, 0.4) is 0 Å². The highest BCUT2D eigenvalue weighted by atomic mass is 19.1. The second-order valence-corrected chi connectivity index (χ2v) is 5.18. The molecule has 1 unspecified atom stereocenters. The van der Waals surface area contributed by atoms with Crippen LogP contribution in [0.15, 0.2) is 18.2 Å². The van der Waals surface area contributed by atoms with Crippen molar-refractivity contribution in [3.8, 4) is 0 Å². The summed E-state index contributed by atoms with van der Waals surface area (Å²) in [5.41, 5.74) is -0.470. The van der Waals surface area contributed by atoms with Crippen molar-refractivity contribution in [3.05, 3.63) is 34.1 Å². The van der Waals surface area contributed by atoms with Crippen molar-refractivity contribution in [2.45, 2.75) is 26.9 Å². The summed E-state index contributed by atoms with van der Waals surface area (Å²) in [6.45, 7) is 5.78. The highest BCUT2D eigenvalue weighted by Gasteiger charge is 2.22. The second-order valence-electron chi connectivity index (χ2n) is 5.18. The fourth-order valence-corrected chi connectivity index (χ4v) is 1.27. The zero-order valence-corrected chi connectivity index (χ0v) is 10.6. The molecule has 0 heterocycles.